The van der Waals surface area contributed by atoms with Crippen LogP contribution in [0.25, 0.3) is 0 Å². The van der Waals surface area contributed by atoms with Crippen LogP contribution in [0.1, 0.15) is 0 Å². The van der Waals surface area contributed by atoms with Crippen LogP contribution in [-0.4, -0.2) is 22.8 Å². The van der Waals surface area contributed by atoms with Crippen molar-refractivity contribution >= 4 is 15.8 Å². The van der Waals surface area contributed by atoms with Crippen molar-refractivity contribution < 1.29 is 40.7 Å². The Labute approximate surface area is 70.6 Å². The molecule has 0 aliphatic heterocycles. The van der Waals surface area contributed by atoms with Gasteiger partial charge in [-0.15, -0.1) is 8.39 Å². The molecule has 11 heteroatoms. The molecule has 0 saturated heterocycles. The van der Waals surface area contributed by atoms with Crippen LogP contribution in [0.15, 0.2) is 0 Å². The average Bonchev–Trinajstić information content (AvgIpc) is 1.78. The predicted molar refractivity (Wildman–Crippen MR) is 33.8 cm³/mol. The van der Waals surface area contributed by atoms with Crippen LogP contribution in [0.4, 0.5) is 12.8 Å². The van der Waals surface area contributed by atoms with Gasteiger partial charge in [-0.25, -0.2) is 18.0 Å². The van der Waals surface area contributed by atoms with E-state index in [0.29, 0.717) is 0 Å². The lowest BCUT2D eigenvalue weighted by Gasteiger charge is -2.08. The number of hydrogen-bond donors (Lipinski definition) is 2. The van der Waals surface area contributed by atoms with Gasteiger partial charge in [0.25, 0.3) is 0 Å². The lowest BCUT2D eigenvalue weighted by Crippen LogP contribution is -2.10. The molecule has 0 heterocycles. The molecular weight excluding hydrogens is 239 g/mol. The Morgan fingerprint density at radius 2 is 1.69 bits per heavy atom. The molecule has 0 rings (SSSR count). The molecule has 0 fully saturated rings. The fraction of sp³-hybridized carbons (Fsp3) is 1.00. The molecule has 0 saturated carbocycles. The van der Waals surface area contributed by atoms with Crippen LogP contribution in [0.5, 0.6) is 0 Å². The van der Waals surface area contributed by atoms with Gasteiger partial charge in [0.15, 0.2) is 0 Å². The van der Waals surface area contributed by atoms with Gasteiger partial charge in [-0.3, -0.25) is 14.3 Å². The van der Waals surface area contributed by atoms with Crippen molar-refractivity contribution in [3.8, 4) is 0 Å². The highest BCUT2D eigenvalue weighted by molar-refractivity contribution is 7.47. The maximum Gasteiger partial charge on any atom is 0.513 e. The summed E-state index contributed by atoms with van der Waals surface area (Å²) in [4.78, 5) is 15.5. The molecule has 13 heavy (non-hydrogen) atoms. The normalized spacial score (nSPS) is 23.2. The Morgan fingerprint density at radius 1 is 1.23 bits per heavy atom. The first kappa shape index (κ1) is 13.1. The minimum atomic E-state index is -5.55. The quantitative estimate of drug-likeness (QED) is 0.711. The lowest BCUT2D eigenvalue weighted by atomic mass is 10.8. The summed E-state index contributed by atoms with van der Waals surface area (Å²) in [6.07, 6.45) is -2.81. The fourth-order valence-electron chi connectivity index (χ4n) is 0.322. The van der Waals surface area contributed by atoms with E-state index in [2.05, 4.69) is 9.05 Å². The van der Waals surface area contributed by atoms with Crippen LogP contribution >= 0.6 is 15.8 Å². The van der Waals surface area contributed by atoms with Crippen LogP contribution in [0.3, 0.4) is 0 Å². The maximum atomic E-state index is 12.1. The molecule has 0 radical (unpaired) electrons. The molecule has 3 unspecified atom stereocenters. The summed E-state index contributed by atoms with van der Waals surface area (Å²) < 4.78 is 61.1. The maximum absolute atomic E-state index is 12.1. The van der Waals surface area contributed by atoms with Crippen molar-refractivity contribution in [1.82, 2.24) is 0 Å². The second-order valence-electron chi connectivity index (χ2n) is 1.71. The van der Waals surface area contributed by atoms with Gasteiger partial charge in [-0.05, 0) is 0 Å². The van der Waals surface area contributed by atoms with E-state index in [4.69, 9.17) is 9.79 Å². The Morgan fingerprint density at radius 3 is 2.00 bits per heavy atom. The van der Waals surface area contributed by atoms with E-state index in [-0.39, 0.29) is 0 Å². The minimum absolute atomic E-state index is 1.47. The van der Waals surface area contributed by atoms with E-state index in [1.54, 1.807) is 0 Å². The smallest absolute Gasteiger partial charge is 0.299 e. The van der Waals surface area contributed by atoms with E-state index in [1.165, 1.54) is 0 Å². The highest BCUT2D eigenvalue weighted by Crippen LogP contribution is 2.47. The zero-order valence-electron chi connectivity index (χ0n) is 5.84. The molecule has 0 spiro atoms. The van der Waals surface area contributed by atoms with E-state index in [0.717, 1.165) is 0 Å². The van der Waals surface area contributed by atoms with E-state index in [9.17, 15) is 21.9 Å². The first-order chi connectivity index (χ1) is 5.60. The van der Waals surface area contributed by atoms with E-state index < -0.39 is 28.8 Å². The third-order valence-corrected chi connectivity index (χ3v) is 1.57. The molecule has 0 aliphatic rings. The summed E-state index contributed by atoms with van der Waals surface area (Å²) in [5.41, 5.74) is 0. The van der Waals surface area contributed by atoms with Crippen LogP contribution < -0.4 is 0 Å². The Balaban J connectivity index is 3.84. The van der Waals surface area contributed by atoms with Crippen molar-refractivity contribution in [2.75, 3.05) is 6.61 Å². The Kier molecular flexibility index (Phi) is 4.58. The van der Waals surface area contributed by atoms with Gasteiger partial charge in [0.2, 0.25) is 6.36 Å². The van der Waals surface area contributed by atoms with Crippen molar-refractivity contribution in [2.45, 2.75) is 6.36 Å². The van der Waals surface area contributed by atoms with Gasteiger partial charge in [-0.2, -0.15) is 0 Å². The Hall–Kier alpha value is 0.0900. The number of rotatable bonds is 5. The number of hydrogen-bond acceptors (Lipinski definition) is 4. The van der Waals surface area contributed by atoms with Crippen molar-refractivity contribution in [3.05, 3.63) is 0 Å². The van der Waals surface area contributed by atoms with Gasteiger partial charge >= 0.3 is 15.8 Å². The number of halogens is 3. The zero-order valence-corrected chi connectivity index (χ0v) is 7.63. The van der Waals surface area contributed by atoms with Crippen LogP contribution in [0.2, 0.25) is 0 Å². The fourth-order valence-corrected chi connectivity index (χ4v) is 0.966. The first-order valence-corrected chi connectivity index (χ1v) is 5.56. The molecule has 3 atom stereocenters. The third kappa shape index (κ3) is 10.0. The summed E-state index contributed by atoms with van der Waals surface area (Å²) in [5, 5.41) is 0. The predicted octanol–water partition coefficient (Wildman–Crippen LogP) is 1.45. The summed E-state index contributed by atoms with van der Waals surface area (Å²) in [6.45, 7) is -1.47. The summed E-state index contributed by atoms with van der Waals surface area (Å²) in [7, 11) is -11.0. The van der Waals surface area contributed by atoms with Gasteiger partial charge in [-0.1, -0.05) is 0 Å². The molecule has 80 valence electrons. The van der Waals surface area contributed by atoms with Gasteiger partial charge in [0.1, 0.15) is 6.61 Å². The van der Waals surface area contributed by atoms with Gasteiger partial charge in [0.05, 0.1) is 0 Å². The summed E-state index contributed by atoms with van der Waals surface area (Å²) in [5.74, 6) is 0. The Bertz CT molecular complexity index is 244. The summed E-state index contributed by atoms with van der Waals surface area (Å²) in [6, 6.07) is 0. The van der Waals surface area contributed by atoms with Crippen LogP contribution in [0, 0.1) is 0 Å². The molecule has 0 aliphatic carbocycles. The van der Waals surface area contributed by atoms with Crippen LogP contribution in [-0.2, 0) is 18.2 Å². The largest absolute Gasteiger partial charge is 0.513 e. The van der Waals surface area contributed by atoms with E-state index in [1.807, 2.05) is 0 Å². The molecule has 0 aromatic carbocycles. The van der Waals surface area contributed by atoms with Gasteiger partial charge in [0, 0.05) is 0 Å². The monoisotopic (exact) mass is 244 g/mol. The topological polar surface area (TPSA) is 93.1 Å². The molecule has 2 N–H and O–H groups in total. The SMILES string of the molecule is O=P(O)(F)OCC(F)OP(=O)(O)F. The molecule has 6 nitrogen and oxygen atoms in total. The number of alkyl halides is 1. The van der Waals surface area contributed by atoms with Gasteiger partial charge < -0.3 is 0 Å². The third-order valence-electron chi connectivity index (χ3n) is 0.609. The molecular formula is C2H5F3O6P2. The first-order valence-electron chi connectivity index (χ1n) is 2.62. The minimum Gasteiger partial charge on any atom is -0.299 e. The highest BCUT2D eigenvalue weighted by Gasteiger charge is 2.27. The highest BCUT2D eigenvalue weighted by atomic mass is 31.2. The molecule has 0 amide bonds. The second kappa shape index (κ2) is 4.54. The zero-order chi connectivity index (χ0) is 10.7. The molecule has 0 aromatic rings. The van der Waals surface area contributed by atoms with Crippen molar-refractivity contribution in [2.24, 2.45) is 0 Å². The summed E-state index contributed by atoms with van der Waals surface area (Å²) >= 11 is 0. The lowest BCUT2D eigenvalue weighted by molar-refractivity contribution is 0.000439. The molecule has 0 bridgehead atoms. The van der Waals surface area contributed by atoms with E-state index >= 15 is 0 Å². The van der Waals surface area contributed by atoms with Crippen molar-refractivity contribution in [3.63, 3.8) is 0 Å². The second-order valence-corrected chi connectivity index (χ2v) is 3.99. The average molecular weight is 244 g/mol. The van der Waals surface area contributed by atoms with Crippen molar-refractivity contribution in [1.29, 1.82) is 0 Å². The molecule has 0 aromatic heterocycles. The standard InChI is InChI=1S/C2H5F3O6P2/c3-2(11-13(5,8)9)1-10-12(4,6)7/h2H,1H2,(H,6,7)(H,8,9).